The molecule has 2 fully saturated rings. The number of aryl methyl sites for hydroxylation is 1. The molecule has 3 rings (SSSR count). The van der Waals surface area contributed by atoms with Crippen molar-refractivity contribution >= 4 is 11.8 Å². The van der Waals surface area contributed by atoms with Gasteiger partial charge in [-0.05, 0) is 44.9 Å². The highest BCUT2D eigenvalue weighted by Gasteiger charge is 2.28. The van der Waals surface area contributed by atoms with Crippen molar-refractivity contribution in [2.24, 2.45) is 5.92 Å². The van der Waals surface area contributed by atoms with Crippen molar-refractivity contribution in [3.63, 3.8) is 0 Å². The molecule has 2 heterocycles. The van der Waals surface area contributed by atoms with E-state index in [2.05, 4.69) is 5.32 Å². The number of hydrogen-bond donors (Lipinski definition) is 1. The summed E-state index contributed by atoms with van der Waals surface area (Å²) >= 11 is 0. The number of rotatable bonds is 2. The Hall–Kier alpha value is -1.88. The molecule has 0 bridgehead atoms. The van der Waals surface area contributed by atoms with Gasteiger partial charge in [0.25, 0.3) is 5.91 Å². The van der Waals surface area contributed by atoms with Gasteiger partial charge in [-0.2, -0.15) is 0 Å². The second-order valence-electron chi connectivity index (χ2n) is 6.88. The molecule has 2 aliphatic heterocycles. The average Bonchev–Trinajstić information content (AvgIpc) is 2.87. The third-order valence-corrected chi connectivity index (χ3v) is 5.01. The van der Waals surface area contributed by atoms with Gasteiger partial charge in [-0.1, -0.05) is 17.7 Å². The van der Waals surface area contributed by atoms with E-state index in [1.165, 1.54) is 0 Å². The van der Waals surface area contributed by atoms with Gasteiger partial charge in [0.1, 0.15) is 0 Å². The van der Waals surface area contributed by atoms with Crippen LogP contribution in [-0.4, -0.2) is 60.9 Å². The third kappa shape index (κ3) is 3.96. The Balaban J connectivity index is 1.60. The van der Waals surface area contributed by atoms with Crippen LogP contribution in [-0.2, 0) is 4.79 Å². The summed E-state index contributed by atoms with van der Waals surface area (Å²) in [7, 11) is 0. The number of hydrogen-bond acceptors (Lipinski definition) is 3. The molecule has 0 saturated carbocycles. The molecule has 5 nitrogen and oxygen atoms in total. The minimum atomic E-state index is 0.0762. The molecule has 1 aromatic carbocycles. The fourth-order valence-corrected chi connectivity index (χ4v) is 3.62. The molecular formula is C19H27N3O2. The van der Waals surface area contributed by atoms with Gasteiger partial charge in [0, 0.05) is 38.3 Å². The predicted octanol–water partition coefficient (Wildman–Crippen LogP) is 1.67. The summed E-state index contributed by atoms with van der Waals surface area (Å²) in [6.07, 6.45) is 2.90. The van der Waals surface area contributed by atoms with E-state index in [0.717, 1.165) is 56.6 Å². The first-order valence-corrected chi connectivity index (χ1v) is 9.00. The van der Waals surface area contributed by atoms with E-state index in [1.54, 1.807) is 0 Å². The number of carbonyl (C=O) groups excluding carboxylic acids is 2. The van der Waals surface area contributed by atoms with E-state index in [9.17, 15) is 9.59 Å². The van der Waals surface area contributed by atoms with E-state index >= 15 is 0 Å². The minimum Gasteiger partial charge on any atom is -0.341 e. The fourth-order valence-electron chi connectivity index (χ4n) is 3.62. The van der Waals surface area contributed by atoms with Gasteiger partial charge in [-0.15, -0.1) is 0 Å². The lowest BCUT2D eigenvalue weighted by atomic mass is 9.98. The molecule has 2 amide bonds. The van der Waals surface area contributed by atoms with Crippen molar-refractivity contribution in [1.82, 2.24) is 15.1 Å². The molecule has 2 aliphatic rings. The van der Waals surface area contributed by atoms with Crippen LogP contribution in [0, 0.1) is 12.8 Å². The van der Waals surface area contributed by atoms with E-state index in [0.29, 0.717) is 13.1 Å². The van der Waals surface area contributed by atoms with Gasteiger partial charge in [-0.25, -0.2) is 0 Å². The van der Waals surface area contributed by atoms with Crippen LogP contribution < -0.4 is 5.32 Å². The zero-order chi connectivity index (χ0) is 16.9. The summed E-state index contributed by atoms with van der Waals surface area (Å²) in [5.41, 5.74) is 1.84. The van der Waals surface area contributed by atoms with Crippen LogP contribution in [0.5, 0.6) is 0 Å². The second kappa shape index (κ2) is 7.79. The number of piperidine rings is 1. The van der Waals surface area contributed by atoms with Crippen LogP contribution in [0.15, 0.2) is 24.3 Å². The molecule has 1 atom stereocenters. The van der Waals surface area contributed by atoms with E-state index in [1.807, 2.05) is 41.0 Å². The van der Waals surface area contributed by atoms with Crippen molar-refractivity contribution < 1.29 is 9.59 Å². The number of nitrogens with zero attached hydrogens (tertiary/aromatic N) is 2. The smallest absolute Gasteiger partial charge is 0.253 e. The standard InChI is InChI=1S/C19H27N3O2/c1-15-5-2-6-16(13-15)18(23)21-9-4-10-22(12-11-21)19(24)17-7-3-8-20-14-17/h2,5-6,13,17,20H,3-4,7-12,14H2,1H3. The maximum atomic E-state index is 12.7. The van der Waals surface area contributed by atoms with Crippen LogP contribution in [0.2, 0.25) is 0 Å². The predicted molar refractivity (Wildman–Crippen MR) is 93.9 cm³/mol. The zero-order valence-corrected chi connectivity index (χ0v) is 14.5. The van der Waals surface area contributed by atoms with Gasteiger partial charge < -0.3 is 15.1 Å². The first-order valence-electron chi connectivity index (χ1n) is 9.00. The maximum absolute atomic E-state index is 12.7. The minimum absolute atomic E-state index is 0.0762. The van der Waals surface area contributed by atoms with E-state index in [4.69, 9.17) is 0 Å². The molecule has 2 saturated heterocycles. The van der Waals surface area contributed by atoms with Gasteiger partial charge in [0.15, 0.2) is 0 Å². The summed E-state index contributed by atoms with van der Waals surface area (Å²) in [4.78, 5) is 29.2. The summed E-state index contributed by atoms with van der Waals surface area (Å²) in [6, 6.07) is 7.73. The lowest BCUT2D eigenvalue weighted by Crippen LogP contribution is -2.44. The lowest BCUT2D eigenvalue weighted by molar-refractivity contribution is -0.135. The lowest BCUT2D eigenvalue weighted by Gasteiger charge is -2.29. The molecule has 0 aliphatic carbocycles. The molecule has 1 aromatic rings. The quantitative estimate of drug-likeness (QED) is 0.898. The monoisotopic (exact) mass is 329 g/mol. The molecule has 0 radical (unpaired) electrons. The van der Waals surface area contributed by atoms with E-state index < -0.39 is 0 Å². The van der Waals surface area contributed by atoms with Crippen molar-refractivity contribution in [3.05, 3.63) is 35.4 Å². The van der Waals surface area contributed by atoms with Crippen LogP contribution in [0.4, 0.5) is 0 Å². The first-order chi connectivity index (χ1) is 11.6. The van der Waals surface area contributed by atoms with E-state index in [-0.39, 0.29) is 17.7 Å². The normalized spacial score (nSPS) is 22.1. The molecule has 5 heteroatoms. The number of benzene rings is 1. The summed E-state index contributed by atoms with van der Waals surface area (Å²) < 4.78 is 0. The van der Waals surface area contributed by atoms with Crippen LogP contribution in [0.25, 0.3) is 0 Å². The van der Waals surface area contributed by atoms with Crippen LogP contribution in [0.1, 0.15) is 35.2 Å². The Bertz CT molecular complexity index is 596. The maximum Gasteiger partial charge on any atom is 0.253 e. The summed E-state index contributed by atoms with van der Waals surface area (Å²) in [5.74, 6) is 0.442. The highest BCUT2D eigenvalue weighted by Crippen LogP contribution is 2.16. The number of carbonyl (C=O) groups is 2. The molecule has 1 unspecified atom stereocenters. The largest absolute Gasteiger partial charge is 0.341 e. The molecule has 130 valence electrons. The Kier molecular flexibility index (Phi) is 5.51. The molecule has 0 spiro atoms. The average molecular weight is 329 g/mol. The summed E-state index contributed by atoms with van der Waals surface area (Å²) in [6.45, 7) is 6.56. The third-order valence-electron chi connectivity index (χ3n) is 5.01. The topological polar surface area (TPSA) is 52.7 Å². The molecular weight excluding hydrogens is 302 g/mol. The van der Waals surface area contributed by atoms with Crippen LogP contribution in [0.3, 0.4) is 0 Å². The summed E-state index contributed by atoms with van der Waals surface area (Å²) in [5, 5.41) is 3.31. The Morgan fingerprint density at radius 1 is 1.08 bits per heavy atom. The van der Waals surface area contributed by atoms with Gasteiger partial charge >= 0.3 is 0 Å². The van der Waals surface area contributed by atoms with Gasteiger partial charge in [0.05, 0.1) is 5.92 Å². The second-order valence-corrected chi connectivity index (χ2v) is 6.88. The van der Waals surface area contributed by atoms with Crippen molar-refractivity contribution in [1.29, 1.82) is 0 Å². The molecule has 0 aromatic heterocycles. The first kappa shape index (κ1) is 17.0. The van der Waals surface area contributed by atoms with Crippen molar-refractivity contribution in [2.75, 3.05) is 39.3 Å². The van der Waals surface area contributed by atoms with Gasteiger partial charge in [-0.3, -0.25) is 9.59 Å². The number of nitrogens with one attached hydrogen (secondary N) is 1. The Morgan fingerprint density at radius 2 is 1.88 bits per heavy atom. The molecule has 24 heavy (non-hydrogen) atoms. The highest BCUT2D eigenvalue weighted by molar-refractivity contribution is 5.94. The molecule has 1 N–H and O–H groups in total. The van der Waals surface area contributed by atoms with Crippen molar-refractivity contribution in [3.8, 4) is 0 Å². The SMILES string of the molecule is Cc1cccc(C(=O)N2CCCN(C(=O)C3CCCNC3)CC2)c1. The van der Waals surface area contributed by atoms with Gasteiger partial charge in [0.2, 0.25) is 5.91 Å². The highest BCUT2D eigenvalue weighted by atomic mass is 16.2. The van der Waals surface area contributed by atoms with Crippen LogP contribution >= 0.6 is 0 Å². The number of amides is 2. The van der Waals surface area contributed by atoms with Crippen molar-refractivity contribution in [2.45, 2.75) is 26.2 Å². The Labute approximate surface area is 144 Å². The fraction of sp³-hybridized carbons (Fsp3) is 0.579. The Morgan fingerprint density at radius 3 is 2.62 bits per heavy atom. The zero-order valence-electron chi connectivity index (χ0n) is 14.5.